The van der Waals surface area contributed by atoms with Gasteiger partial charge in [-0.15, -0.1) is 0 Å². The van der Waals surface area contributed by atoms with Crippen LogP contribution in [0.25, 0.3) is 0 Å². The fourth-order valence-corrected chi connectivity index (χ4v) is 2.35. The van der Waals surface area contributed by atoms with Gasteiger partial charge in [0.1, 0.15) is 11.5 Å². The van der Waals surface area contributed by atoms with Gasteiger partial charge in [-0.3, -0.25) is 16.9 Å². The molecule has 0 saturated carbocycles. The zero-order chi connectivity index (χ0) is 19.6. The van der Waals surface area contributed by atoms with Gasteiger partial charge in [0.05, 0.1) is 11.4 Å². The topological polar surface area (TPSA) is 113 Å². The molecule has 0 saturated heterocycles. The predicted molar refractivity (Wildman–Crippen MR) is 96.5 cm³/mol. The standard InChI is InChI=1S/C17H15F3N6O/c18-17(19,20)14-13(15(21)26(25-14)11-4-2-1-3-5-11)24-10-6-8-12(9-7-10)27-16(22)23/h1-9,16,21H,22-23H2. The average Bonchev–Trinajstić information content (AvgIpc) is 2.94. The van der Waals surface area contributed by atoms with Crippen LogP contribution in [0.2, 0.25) is 0 Å². The molecule has 7 nitrogen and oxygen atoms in total. The zero-order valence-corrected chi connectivity index (χ0v) is 13.8. The summed E-state index contributed by atoms with van der Waals surface area (Å²) in [7, 11) is 0. The van der Waals surface area contributed by atoms with E-state index in [4.69, 9.17) is 21.6 Å². The lowest BCUT2D eigenvalue weighted by Crippen LogP contribution is -2.36. The van der Waals surface area contributed by atoms with E-state index in [1.807, 2.05) is 0 Å². The van der Waals surface area contributed by atoms with Crippen LogP contribution < -0.4 is 21.2 Å². The van der Waals surface area contributed by atoms with Crippen molar-refractivity contribution in [2.75, 3.05) is 5.01 Å². The van der Waals surface area contributed by atoms with Crippen molar-refractivity contribution in [2.45, 2.75) is 12.5 Å². The molecular formula is C17H15F3N6O. The number of nitrogens with one attached hydrogen (secondary N) is 1. The Morgan fingerprint density at radius 3 is 2.22 bits per heavy atom. The number of nitrogens with two attached hydrogens (primary N) is 2. The lowest BCUT2D eigenvalue weighted by molar-refractivity contribution is -0.0565. The normalized spacial score (nSPS) is 16.2. The molecule has 0 radical (unpaired) electrons. The first-order chi connectivity index (χ1) is 12.8. The second-order valence-corrected chi connectivity index (χ2v) is 5.48. The van der Waals surface area contributed by atoms with E-state index in [1.54, 1.807) is 30.3 Å². The highest BCUT2D eigenvalue weighted by molar-refractivity contribution is 6.73. The monoisotopic (exact) mass is 376 g/mol. The van der Waals surface area contributed by atoms with Crippen LogP contribution in [-0.4, -0.2) is 29.8 Å². The summed E-state index contributed by atoms with van der Waals surface area (Å²) in [5, 5.41) is 12.6. The Kier molecular flexibility index (Phi) is 4.93. The van der Waals surface area contributed by atoms with Gasteiger partial charge in [-0.25, -0.2) is 10.0 Å². The van der Waals surface area contributed by atoms with Gasteiger partial charge in [0.15, 0.2) is 11.5 Å². The summed E-state index contributed by atoms with van der Waals surface area (Å²) < 4.78 is 45.3. The summed E-state index contributed by atoms with van der Waals surface area (Å²) in [5.41, 5.74) is 9.32. The molecule has 0 fully saturated rings. The number of rotatable bonds is 4. The van der Waals surface area contributed by atoms with E-state index in [0.29, 0.717) is 11.4 Å². The summed E-state index contributed by atoms with van der Waals surface area (Å²) in [5.74, 6) is -0.135. The maximum atomic E-state index is 13.4. The molecule has 0 spiro atoms. The van der Waals surface area contributed by atoms with E-state index >= 15 is 0 Å². The van der Waals surface area contributed by atoms with Gasteiger partial charge in [0.25, 0.3) is 0 Å². The van der Waals surface area contributed by atoms with Crippen molar-refractivity contribution >= 4 is 28.6 Å². The fourth-order valence-electron chi connectivity index (χ4n) is 2.35. The van der Waals surface area contributed by atoms with Crippen molar-refractivity contribution in [1.82, 2.24) is 0 Å². The van der Waals surface area contributed by atoms with E-state index < -0.39 is 29.8 Å². The molecule has 2 aromatic carbocycles. The number of anilines is 1. The number of hydrazone groups is 1. The Morgan fingerprint density at radius 1 is 1.04 bits per heavy atom. The maximum absolute atomic E-state index is 13.4. The Balaban J connectivity index is 1.96. The third kappa shape index (κ3) is 4.13. The molecule has 0 bridgehead atoms. The molecule has 27 heavy (non-hydrogen) atoms. The molecule has 2 aromatic rings. The Labute approximate surface area is 152 Å². The molecule has 5 N–H and O–H groups in total. The quantitative estimate of drug-likeness (QED) is 0.712. The van der Waals surface area contributed by atoms with Gasteiger partial charge in [-0.1, -0.05) is 18.2 Å². The van der Waals surface area contributed by atoms with Crippen LogP contribution in [0.1, 0.15) is 0 Å². The van der Waals surface area contributed by atoms with Crippen molar-refractivity contribution in [3.8, 4) is 5.75 Å². The highest BCUT2D eigenvalue weighted by Gasteiger charge is 2.46. The highest BCUT2D eigenvalue weighted by atomic mass is 19.4. The number of aliphatic imine (C=N–C) groups is 1. The molecule has 3 rings (SSSR count). The van der Waals surface area contributed by atoms with E-state index in [2.05, 4.69) is 10.1 Å². The van der Waals surface area contributed by atoms with Crippen LogP contribution in [-0.2, 0) is 0 Å². The molecule has 1 heterocycles. The third-order valence-corrected chi connectivity index (χ3v) is 3.48. The van der Waals surface area contributed by atoms with Crippen LogP contribution in [0, 0.1) is 5.41 Å². The summed E-state index contributed by atoms with van der Waals surface area (Å²) in [6, 6.07) is 13.9. The second kappa shape index (κ2) is 7.17. The number of nitrogens with zero attached hydrogens (tertiary/aromatic N) is 3. The number of benzene rings is 2. The lowest BCUT2D eigenvalue weighted by atomic mass is 10.2. The minimum Gasteiger partial charge on any atom is -0.463 e. The fraction of sp³-hybridized carbons (Fsp3) is 0.118. The largest absolute Gasteiger partial charge is 0.463 e. The van der Waals surface area contributed by atoms with E-state index in [9.17, 15) is 13.2 Å². The van der Waals surface area contributed by atoms with Gasteiger partial charge in [0, 0.05) is 0 Å². The highest BCUT2D eigenvalue weighted by Crippen LogP contribution is 2.29. The summed E-state index contributed by atoms with van der Waals surface area (Å²) in [4.78, 5) is 3.96. The summed E-state index contributed by atoms with van der Waals surface area (Å²) in [6.45, 7) is 0. The minimum absolute atomic E-state index is 0.194. The predicted octanol–water partition coefficient (Wildman–Crippen LogP) is 2.75. The second-order valence-electron chi connectivity index (χ2n) is 5.48. The van der Waals surface area contributed by atoms with Crippen LogP contribution in [0.4, 0.5) is 24.5 Å². The molecule has 0 unspecified atom stereocenters. The number of ether oxygens (including phenoxy) is 1. The molecule has 0 amide bonds. The summed E-state index contributed by atoms with van der Waals surface area (Å²) >= 11 is 0. The molecule has 1 aliphatic rings. The van der Waals surface area contributed by atoms with Gasteiger partial charge in [-0.2, -0.15) is 18.3 Å². The van der Waals surface area contributed by atoms with Crippen molar-refractivity contribution in [3.05, 3.63) is 54.6 Å². The van der Waals surface area contributed by atoms with Crippen LogP contribution >= 0.6 is 0 Å². The van der Waals surface area contributed by atoms with Gasteiger partial charge in [0.2, 0.25) is 6.35 Å². The zero-order valence-electron chi connectivity index (χ0n) is 13.8. The number of para-hydroxylation sites is 1. The summed E-state index contributed by atoms with van der Waals surface area (Å²) in [6.07, 6.45) is -5.78. The van der Waals surface area contributed by atoms with E-state index in [-0.39, 0.29) is 5.69 Å². The Hall–Kier alpha value is -3.24. The van der Waals surface area contributed by atoms with E-state index in [1.165, 1.54) is 24.3 Å². The minimum atomic E-state index is -4.76. The maximum Gasteiger partial charge on any atom is 0.437 e. The molecule has 1 aliphatic heterocycles. The number of hydrogen-bond acceptors (Lipinski definition) is 6. The van der Waals surface area contributed by atoms with Crippen LogP contribution in [0.3, 0.4) is 0 Å². The van der Waals surface area contributed by atoms with Crippen molar-refractivity contribution in [2.24, 2.45) is 21.6 Å². The van der Waals surface area contributed by atoms with Crippen molar-refractivity contribution in [3.63, 3.8) is 0 Å². The molecule has 0 atom stereocenters. The first-order valence-corrected chi connectivity index (χ1v) is 7.72. The number of amidine groups is 1. The van der Waals surface area contributed by atoms with Gasteiger partial charge < -0.3 is 4.74 Å². The van der Waals surface area contributed by atoms with E-state index in [0.717, 1.165) is 5.01 Å². The first kappa shape index (κ1) is 18.5. The van der Waals surface area contributed by atoms with Crippen LogP contribution in [0.15, 0.2) is 64.7 Å². The SMILES string of the molecule is N=C1C(=Nc2ccc(OC(N)N)cc2)C(C(F)(F)F)=NN1c1ccccc1. The third-order valence-electron chi connectivity index (χ3n) is 3.48. The lowest BCUT2D eigenvalue weighted by Gasteiger charge is -2.13. The smallest absolute Gasteiger partial charge is 0.437 e. The van der Waals surface area contributed by atoms with Gasteiger partial charge in [-0.05, 0) is 36.4 Å². The average molecular weight is 376 g/mol. The van der Waals surface area contributed by atoms with Gasteiger partial charge >= 0.3 is 6.18 Å². The number of alkyl halides is 3. The number of hydrogen-bond donors (Lipinski definition) is 3. The van der Waals surface area contributed by atoms with Crippen molar-refractivity contribution < 1.29 is 17.9 Å². The molecule has 10 heteroatoms. The first-order valence-electron chi connectivity index (χ1n) is 7.72. The Morgan fingerprint density at radius 2 is 1.67 bits per heavy atom. The molecule has 0 aromatic heterocycles. The number of halogens is 3. The molecule has 0 aliphatic carbocycles. The Bertz CT molecular complexity index is 891. The molecular weight excluding hydrogens is 361 g/mol. The van der Waals surface area contributed by atoms with Crippen molar-refractivity contribution in [1.29, 1.82) is 5.41 Å². The molecule has 140 valence electrons. The van der Waals surface area contributed by atoms with Crippen LogP contribution in [0.5, 0.6) is 5.75 Å².